The lowest BCUT2D eigenvalue weighted by atomic mass is 10.1. The van der Waals surface area contributed by atoms with Gasteiger partial charge in [0.1, 0.15) is 5.82 Å². The van der Waals surface area contributed by atoms with Gasteiger partial charge in [0.2, 0.25) is 0 Å². The second-order valence-electron chi connectivity index (χ2n) is 6.73. The highest BCUT2D eigenvalue weighted by atomic mass is 15.1. The Morgan fingerprint density at radius 3 is 2.55 bits per heavy atom. The number of hydrogen-bond donors (Lipinski definition) is 2. The number of anilines is 1. The average molecular weight is 394 g/mol. The van der Waals surface area contributed by atoms with E-state index in [2.05, 4.69) is 58.0 Å². The van der Waals surface area contributed by atoms with Crippen LogP contribution in [0.3, 0.4) is 0 Å². The van der Waals surface area contributed by atoms with E-state index < -0.39 is 0 Å². The van der Waals surface area contributed by atoms with Gasteiger partial charge in [0.15, 0.2) is 0 Å². The van der Waals surface area contributed by atoms with Crippen molar-refractivity contribution in [3.05, 3.63) is 84.2 Å². The van der Waals surface area contributed by atoms with Crippen LogP contribution in [0.15, 0.2) is 78.1 Å². The summed E-state index contributed by atoms with van der Waals surface area (Å²) in [5, 5.41) is 3.33. The van der Waals surface area contributed by atoms with Crippen molar-refractivity contribution in [2.24, 2.45) is 10.7 Å². The summed E-state index contributed by atoms with van der Waals surface area (Å²) < 4.78 is 0. The number of aromatic nitrogens is 1. The van der Waals surface area contributed by atoms with Gasteiger partial charge >= 0.3 is 0 Å². The molecular weight excluding hydrogens is 358 g/mol. The van der Waals surface area contributed by atoms with Gasteiger partial charge in [0.25, 0.3) is 0 Å². The Morgan fingerprint density at radius 2 is 1.97 bits per heavy atom. The molecule has 1 aromatic carbocycles. The number of hydrogen-bond acceptors (Lipinski definition) is 5. The summed E-state index contributed by atoms with van der Waals surface area (Å²) in [4.78, 5) is 10.5. The molecule has 1 heterocycles. The highest BCUT2D eigenvalue weighted by Crippen LogP contribution is 2.07. The summed E-state index contributed by atoms with van der Waals surface area (Å²) in [7, 11) is 0. The fourth-order valence-electron chi connectivity index (χ4n) is 2.47. The van der Waals surface area contributed by atoms with Crippen LogP contribution in [-0.2, 0) is 6.54 Å². The molecule has 3 N–H and O–H groups in total. The summed E-state index contributed by atoms with van der Waals surface area (Å²) in [5.74, 6) is 0.917. The summed E-state index contributed by atoms with van der Waals surface area (Å²) in [6.07, 6.45) is 7.32. The zero-order valence-electron chi connectivity index (χ0n) is 18.0. The van der Waals surface area contributed by atoms with Crippen molar-refractivity contribution in [1.82, 2.24) is 9.88 Å². The standard InChI is InChI=1S/C17H24N4.C7H11N/c1-15-5-7-16(8-6-15)14-21(12-9-18)13-11-20-17-4-2-3-10-19-17;1-4-5-6-8-7(2)3/h2-8,10H,9,11-14,18H2,1H3,(H,19,20);4-6H,2H2,1,3H3/b;5-4-,8-6?. The van der Waals surface area contributed by atoms with Crippen LogP contribution in [0, 0.1) is 6.92 Å². The molecule has 5 heteroatoms. The third-order valence-electron chi connectivity index (χ3n) is 3.94. The van der Waals surface area contributed by atoms with E-state index in [-0.39, 0.29) is 0 Å². The molecule has 0 amide bonds. The lowest BCUT2D eigenvalue weighted by Gasteiger charge is -2.22. The van der Waals surface area contributed by atoms with E-state index in [9.17, 15) is 0 Å². The Hall–Kier alpha value is -2.76. The van der Waals surface area contributed by atoms with Crippen molar-refractivity contribution >= 4 is 12.0 Å². The van der Waals surface area contributed by atoms with E-state index in [1.165, 1.54) is 11.1 Å². The van der Waals surface area contributed by atoms with Gasteiger partial charge in [-0.3, -0.25) is 9.89 Å². The van der Waals surface area contributed by atoms with Gasteiger partial charge in [-0.1, -0.05) is 48.6 Å². The van der Waals surface area contributed by atoms with Crippen molar-refractivity contribution in [2.45, 2.75) is 27.3 Å². The Kier molecular flexibility index (Phi) is 12.7. The normalized spacial score (nSPS) is 10.9. The first-order valence-corrected chi connectivity index (χ1v) is 9.99. The molecule has 0 aliphatic heterocycles. The minimum absolute atomic E-state index is 0.676. The zero-order chi connectivity index (χ0) is 21.3. The number of pyridine rings is 1. The van der Waals surface area contributed by atoms with Gasteiger partial charge in [-0.05, 0) is 44.5 Å². The molecule has 0 aliphatic carbocycles. The lowest BCUT2D eigenvalue weighted by Crippen LogP contribution is -2.33. The largest absolute Gasteiger partial charge is 0.369 e. The Labute approximate surface area is 176 Å². The topological polar surface area (TPSA) is 66.5 Å². The fourth-order valence-corrected chi connectivity index (χ4v) is 2.47. The van der Waals surface area contributed by atoms with E-state index in [1.54, 1.807) is 12.4 Å². The van der Waals surface area contributed by atoms with Crippen LogP contribution < -0.4 is 11.1 Å². The van der Waals surface area contributed by atoms with E-state index in [0.29, 0.717) is 6.54 Å². The molecule has 2 rings (SSSR count). The lowest BCUT2D eigenvalue weighted by molar-refractivity contribution is 0.283. The summed E-state index contributed by atoms with van der Waals surface area (Å²) in [6, 6.07) is 14.6. The summed E-state index contributed by atoms with van der Waals surface area (Å²) in [6.45, 7) is 13.8. The molecule has 0 fully saturated rings. The number of allylic oxidation sites excluding steroid dienone is 3. The maximum Gasteiger partial charge on any atom is 0.125 e. The SMILES string of the molecule is C=C(C)N=C/C=C\C.Cc1ccc(CN(CCN)CCNc2ccccn2)cc1. The molecule has 0 radical (unpaired) electrons. The Bertz CT molecular complexity index is 736. The first-order chi connectivity index (χ1) is 14.0. The molecular formula is C24H35N5. The van der Waals surface area contributed by atoms with Gasteiger partial charge < -0.3 is 11.1 Å². The molecule has 0 spiro atoms. The van der Waals surface area contributed by atoms with Crippen molar-refractivity contribution in [1.29, 1.82) is 0 Å². The number of aryl methyl sites for hydroxylation is 1. The molecule has 156 valence electrons. The Balaban J connectivity index is 0.000000447. The summed E-state index contributed by atoms with van der Waals surface area (Å²) in [5.41, 5.74) is 9.17. The zero-order valence-corrected chi connectivity index (χ0v) is 18.0. The first kappa shape index (κ1) is 24.3. The number of nitrogens with two attached hydrogens (primary N) is 1. The first-order valence-electron chi connectivity index (χ1n) is 9.99. The monoisotopic (exact) mass is 393 g/mol. The number of nitrogens with zero attached hydrogens (tertiary/aromatic N) is 3. The minimum atomic E-state index is 0.676. The van der Waals surface area contributed by atoms with Crippen LogP contribution in [0.1, 0.15) is 25.0 Å². The van der Waals surface area contributed by atoms with Crippen LogP contribution >= 0.6 is 0 Å². The van der Waals surface area contributed by atoms with Gasteiger partial charge in [0, 0.05) is 50.8 Å². The minimum Gasteiger partial charge on any atom is -0.369 e. The van der Waals surface area contributed by atoms with Crippen LogP contribution in [0.25, 0.3) is 0 Å². The molecule has 5 nitrogen and oxygen atoms in total. The highest BCUT2D eigenvalue weighted by molar-refractivity contribution is 5.71. The molecule has 0 bridgehead atoms. The number of rotatable bonds is 10. The third-order valence-corrected chi connectivity index (χ3v) is 3.94. The predicted octanol–water partition coefficient (Wildman–Crippen LogP) is 4.43. The van der Waals surface area contributed by atoms with Crippen molar-refractivity contribution in [2.75, 3.05) is 31.5 Å². The summed E-state index contributed by atoms with van der Waals surface area (Å²) >= 11 is 0. The van der Waals surface area contributed by atoms with E-state index in [0.717, 1.165) is 37.7 Å². The molecule has 2 aromatic rings. The third kappa shape index (κ3) is 12.3. The van der Waals surface area contributed by atoms with E-state index >= 15 is 0 Å². The van der Waals surface area contributed by atoms with Gasteiger partial charge in [-0.2, -0.15) is 0 Å². The predicted molar refractivity (Wildman–Crippen MR) is 126 cm³/mol. The van der Waals surface area contributed by atoms with Gasteiger partial charge in [-0.25, -0.2) is 4.98 Å². The van der Waals surface area contributed by atoms with Gasteiger partial charge in [0.05, 0.1) is 0 Å². The number of benzene rings is 1. The van der Waals surface area contributed by atoms with Crippen molar-refractivity contribution in [3.63, 3.8) is 0 Å². The molecule has 29 heavy (non-hydrogen) atoms. The van der Waals surface area contributed by atoms with Crippen molar-refractivity contribution in [3.8, 4) is 0 Å². The number of nitrogens with one attached hydrogen (secondary N) is 1. The van der Waals surface area contributed by atoms with E-state index in [4.69, 9.17) is 5.73 Å². The maximum absolute atomic E-state index is 5.72. The molecule has 0 atom stereocenters. The Morgan fingerprint density at radius 1 is 1.21 bits per heavy atom. The average Bonchev–Trinajstić information content (AvgIpc) is 2.71. The second-order valence-corrected chi connectivity index (χ2v) is 6.73. The van der Waals surface area contributed by atoms with Crippen molar-refractivity contribution < 1.29 is 0 Å². The maximum atomic E-state index is 5.72. The van der Waals surface area contributed by atoms with E-state index in [1.807, 2.05) is 44.2 Å². The molecule has 0 unspecified atom stereocenters. The van der Waals surface area contributed by atoms with Crippen LogP contribution in [0.2, 0.25) is 0 Å². The highest BCUT2D eigenvalue weighted by Gasteiger charge is 2.05. The molecule has 0 saturated heterocycles. The second kappa shape index (κ2) is 15.2. The van der Waals surface area contributed by atoms with Crippen LogP contribution in [0.5, 0.6) is 0 Å². The fraction of sp³-hybridized carbons (Fsp3) is 0.333. The molecule has 0 saturated carbocycles. The van der Waals surface area contributed by atoms with Crippen LogP contribution in [0.4, 0.5) is 5.82 Å². The molecule has 0 aliphatic rings. The smallest absolute Gasteiger partial charge is 0.125 e. The molecule has 1 aromatic heterocycles. The van der Waals surface area contributed by atoms with Gasteiger partial charge in [-0.15, -0.1) is 0 Å². The van der Waals surface area contributed by atoms with Crippen LogP contribution in [-0.4, -0.2) is 42.3 Å². The number of aliphatic imine (C=N–C) groups is 1. The quantitative estimate of drug-likeness (QED) is 0.586.